The van der Waals surface area contributed by atoms with Crippen molar-refractivity contribution in [2.45, 2.75) is 96.3 Å². The number of unbranched alkanes of at least 4 members (excludes halogenated alkanes) is 3. The second-order valence-corrected chi connectivity index (χ2v) is 8.72. The van der Waals surface area contributed by atoms with Crippen molar-refractivity contribution >= 4 is 29.5 Å². The Labute approximate surface area is 208 Å². The third-order valence-electron chi connectivity index (χ3n) is 5.45. The molecule has 0 rings (SSSR count). The summed E-state index contributed by atoms with van der Waals surface area (Å²) in [7, 11) is 1.48. The summed E-state index contributed by atoms with van der Waals surface area (Å²) in [5.74, 6) is -1.97. The molecular weight excluding hydrogens is 454 g/mol. The summed E-state index contributed by atoms with van der Waals surface area (Å²) in [6.45, 7) is 5.39. The van der Waals surface area contributed by atoms with Crippen molar-refractivity contribution in [2.24, 2.45) is 11.5 Å². The van der Waals surface area contributed by atoms with Gasteiger partial charge in [-0.3, -0.25) is 24.0 Å². The minimum absolute atomic E-state index is 0.297. The predicted molar refractivity (Wildman–Crippen MR) is 134 cm³/mol. The molecule has 0 saturated heterocycles. The number of amides is 5. The van der Waals surface area contributed by atoms with Gasteiger partial charge in [0.1, 0.15) is 12.1 Å². The Bertz CT molecular complexity index is 704. The largest absolute Gasteiger partial charge is 0.357 e. The van der Waals surface area contributed by atoms with E-state index in [-0.39, 0.29) is 17.7 Å². The molecule has 12 nitrogen and oxygen atoms in total. The third-order valence-corrected chi connectivity index (χ3v) is 5.45. The highest BCUT2D eigenvalue weighted by molar-refractivity contribution is 5.92. The zero-order valence-corrected chi connectivity index (χ0v) is 21.6. The van der Waals surface area contributed by atoms with Gasteiger partial charge in [0.15, 0.2) is 5.66 Å². The van der Waals surface area contributed by atoms with E-state index < -0.39 is 29.6 Å². The van der Waals surface area contributed by atoms with Gasteiger partial charge >= 0.3 is 0 Å². The molecule has 0 aromatic heterocycles. The molecule has 9 N–H and O–H groups in total. The molecular formula is C23H45N7O5. The van der Waals surface area contributed by atoms with Crippen molar-refractivity contribution in [1.82, 2.24) is 26.6 Å². The molecule has 0 aliphatic heterocycles. The van der Waals surface area contributed by atoms with Gasteiger partial charge in [0.05, 0.1) is 0 Å². The Hall–Kier alpha value is -2.73. The van der Waals surface area contributed by atoms with Gasteiger partial charge in [-0.2, -0.15) is 0 Å². The van der Waals surface area contributed by atoms with E-state index in [2.05, 4.69) is 26.6 Å². The van der Waals surface area contributed by atoms with E-state index in [9.17, 15) is 24.0 Å². The number of nitrogens with two attached hydrogens (primary N) is 2. The quantitative estimate of drug-likeness (QED) is 0.0938. The minimum atomic E-state index is -1.47. The Kier molecular flexibility index (Phi) is 16.3. The first-order valence-electron chi connectivity index (χ1n) is 12.4. The lowest BCUT2D eigenvalue weighted by molar-refractivity contribution is -0.133. The summed E-state index contributed by atoms with van der Waals surface area (Å²) in [4.78, 5) is 60.5. The zero-order chi connectivity index (χ0) is 26.9. The molecule has 35 heavy (non-hydrogen) atoms. The van der Waals surface area contributed by atoms with E-state index in [1.807, 2.05) is 6.92 Å². The lowest BCUT2D eigenvalue weighted by atomic mass is 10.0. The first-order valence-corrected chi connectivity index (χ1v) is 12.4. The van der Waals surface area contributed by atoms with Gasteiger partial charge in [0.2, 0.25) is 23.6 Å². The normalized spacial score (nSPS) is 14.1. The molecule has 0 bridgehead atoms. The van der Waals surface area contributed by atoms with E-state index in [1.54, 1.807) is 0 Å². The molecule has 0 aromatic rings. The van der Waals surface area contributed by atoms with Crippen molar-refractivity contribution in [3.8, 4) is 0 Å². The SMILES string of the molecule is CCCCC(N)(NC(C)=O)C(=O)NCCCCC(NC(=O)C(CCCCN)NC(C)=O)C(=O)NC. The van der Waals surface area contributed by atoms with Crippen LogP contribution in [-0.4, -0.2) is 67.4 Å². The second-order valence-electron chi connectivity index (χ2n) is 8.72. The van der Waals surface area contributed by atoms with Crippen molar-refractivity contribution < 1.29 is 24.0 Å². The smallest absolute Gasteiger partial charge is 0.260 e. The fourth-order valence-corrected chi connectivity index (χ4v) is 3.56. The maximum absolute atomic E-state index is 12.7. The molecule has 0 aliphatic rings. The van der Waals surface area contributed by atoms with E-state index in [0.29, 0.717) is 58.0 Å². The highest BCUT2D eigenvalue weighted by Gasteiger charge is 2.34. The average Bonchev–Trinajstić information content (AvgIpc) is 2.79. The number of likely N-dealkylation sites (N-methyl/N-ethyl adjacent to an activating group) is 1. The van der Waals surface area contributed by atoms with Crippen LogP contribution in [0.3, 0.4) is 0 Å². The van der Waals surface area contributed by atoms with Gasteiger partial charge in [0.25, 0.3) is 5.91 Å². The van der Waals surface area contributed by atoms with Crippen LogP contribution in [-0.2, 0) is 24.0 Å². The molecule has 0 heterocycles. The average molecular weight is 500 g/mol. The van der Waals surface area contributed by atoms with Crippen LogP contribution in [0.2, 0.25) is 0 Å². The summed E-state index contributed by atoms with van der Waals surface area (Å²) in [6, 6.07) is -1.54. The highest BCUT2D eigenvalue weighted by atomic mass is 16.2. The lowest BCUT2D eigenvalue weighted by Crippen LogP contribution is -2.64. The molecule has 5 amide bonds. The molecule has 0 fully saturated rings. The monoisotopic (exact) mass is 499 g/mol. The van der Waals surface area contributed by atoms with Gasteiger partial charge in [-0.1, -0.05) is 13.3 Å². The van der Waals surface area contributed by atoms with Crippen LogP contribution in [0.1, 0.15) is 78.6 Å². The molecule has 12 heteroatoms. The molecule has 0 spiro atoms. The van der Waals surface area contributed by atoms with Gasteiger partial charge < -0.3 is 38.1 Å². The molecule has 0 saturated carbocycles. The second kappa shape index (κ2) is 17.7. The minimum Gasteiger partial charge on any atom is -0.357 e. The zero-order valence-electron chi connectivity index (χ0n) is 21.6. The fourth-order valence-electron chi connectivity index (χ4n) is 3.56. The van der Waals surface area contributed by atoms with Crippen molar-refractivity contribution in [3.05, 3.63) is 0 Å². The summed E-state index contributed by atoms with van der Waals surface area (Å²) in [5.41, 5.74) is 10.2. The van der Waals surface area contributed by atoms with Gasteiger partial charge in [-0.15, -0.1) is 0 Å². The number of nitrogens with one attached hydrogen (secondary N) is 5. The third kappa shape index (κ3) is 13.7. The number of hydrogen-bond donors (Lipinski definition) is 7. The van der Waals surface area contributed by atoms with Crippen LogP contribution in [0.25, 0.3) is 0 Å². The Morgan fingerprint density at radius 1 is 0.829 bits per heavy atom. The Balaban J connectivity index is 4.85. The van der Waals surface area contributed by atoms with E-state index in [0.717, 1.165) is 12.8 Å². The van der Waals surface area contributed by atoms with Crippen LogP contribution in [0, 0.1) is 0 Å². The van der Waals surface area contributed by atoms with Gasteiger partial charge in [-0.25, -0.2) is 0 Å². The van der Waals surface area contributed by atoms with Crippen molar-refractivity contribution in [1.29, 1.82) is 0 Å². The molecule has 3 unspecified atom stereocenters. The Morgan fingerprint density at radius 3 is 1.94 bits per heavy atom. The highest BCUT2D eigenvalue weighted by Crippen LogP contribution is 2.10. The van der Waals surface area contributed by atoms with Crippen molar-refractivity contribution in [3.63, 3.8) is 0 Å². The first kappa shape index (κ1) is 32.3. The summed E-state index contributed by atoms with van der Waals surface area (Å²) in [5, 5.41) is 13.1. The molecule has 0 aliphatic carbocycles. The van der Waals surface area contributed by atoms with Crippen LogP contribution < -0.4 is 38.1 Å². The topological polar surface area (TPSA) is 198 Å². The number of carbonyl (C=O) groups is 5. The standard InChI is InChI=1S/C23H45N7O5/c1-5-6-13-23(25,30-17(3)32)22(35)27-15-10-8-12-18(20(33)26-4)29-21(34)19(28-16(2)31)11-7-9-14-24/h18-19H,5-15,24-25H2,1-4H3,(H,26,33)(H,27,35)(H,28,31)(H,29,34)(H,30,32). The lowest BCUT2D eigenvalue weighted by Gasteiger charge is -2.29. The number of rotatable bonds is 18. The number of carbonyl (C=O) groups excluding carboxylic acids is 5. The van der Waals surface area contributed by atoms with Crippen LogP contribution >= 0.6 is 0 Å². The van der Waals surface area contributed by atoms with E-state index in [4.69, 9.17) is 11.5 Å². The fraction of sp³-hybridized carbons (Fsp3) is 0.783. The maximum Gasteiger partial charge on any atom is 0.260 e. The van der Waals surface area contributed by atoms with E-state index in [1.165, 1.54) is 20.9 Å². The molecule has 0 aromatic carbocycles. The first-order chi connectivity index (χ1) is 16.5. The van der Waals surface area contributed by atoms with Crippen molar-refractivity contribution in [2.75, 3.05) is 20.1 Å². The van der Waals surface area contributed by atoms with Crippen LogP contribution in [0.15, 0.2) is 0 Å². The predicted octanol–water partition coefficient (Wildman–Crippen LogP) is -0.881. The van der Waals surface area contributed by atoms with Crippen LogP contribution in [0.5, 0.6) is 0 Å². The van der Waals surface area contributed by atoms with E-state index >= 15 is 0 Å². The Morgan fingerprint density at radius 2 is 1.43 bits per heavy atom. The summed E-state index contributed by atoms with van der Waals surface area (Å²) < 4.78 is 0. The number of hydrogen-bond acceptors (Lipinski definition) is 7. The van der Waals surface area contributed by atoms with Crippen LogP contribution in [0.4, 0.5) is 0 Å². The maximum atomic E-state index is 12.7. The molecule has 3 atom stereocenters. The van der Waals surface area contributed by atoms with Gasteiger partial charge in [-0.05, 0) is 57.9 Å². The molecule has 202 valence electrons. The molecule has 0 radical (unpaired) electrons. The summed E-state index contributed by atoms with van der Waals surface area (Å²) >= 11 is 0. The summed E-state index contributed by atoms with van der Waals surface area (Å²) in [6.07, 6.45) is 5.04. The van der Waals surface area contributed by atoms with Gasteiger partial charge in [0, 0.05) is 27.4 Å².